The van der Waals surface area contributed by atoms with Gasteiger partial charge in [-0.25, -0.2) is 0 Å². The molecule has 27 heavy (non-hydrogen) atoms. The van der Waals surface area contributed by atoms with E-state index in [1.165, 1.54) is 12.0 Å². The van der Waals surface area contributed by atoms with Crippen LogP contribution >= 0.6 is 0 Å². The van der Waals surface area contributed by atoms with Gasteiger partial charge in [-0.3, -0.25) is 14.6 Å². The third-order valence-electron chi connectivity index (χ3n) is 5.46. The normalized spacial score (nSPS) is 17.4. The molecule has 0 saturated carbocycles. The molecule has 1 atom stereocenters. The lowest BCUT2D eigenvalue weighted by atomic mass is 10.1. The Labute approximate surface area is 163 Å². The molecule has 1 amide bonds. The lowest BCUT2D eigenvalue weighted by Crippen LogP contribution is -2.39. The Morgan fingerprint density at radius 2 is 1.74 bits per heavy atom. The molecule has 144 valence electrons. The molecule has 1 aliphatic heterocycles. The topological polar surface area (TPSA) is 26.8 Å². The number of amides is 1. The van der Waals surface area contributed by atoms with Crippen LogP contribution in [0, 0.1) is 0 Å². The first-order valence-corrected chi connectivity index (χ1v) is 9.99. The number of likely N-dealkylation sites (N-methyl/N-ethyl adjacent to an activating group) is 1. The second-order valence-electron chi connectivity index (χ2n) is 7.38. The van der Waals surface area contributed by atoms with Crippen LogP contribution in [0.4, 0.5) is 5.69 Å². The smallest absolute Gasteiger partial charge is 0.226 e. The highest BCUT2D eigenvalue weighted by Gasteiger charge is 2.26. The van der Waals surface area contributed by atoms with Crippen LogP contribution in [0.3, 0.4) is 0 Å². The zero-order valence-corrected chi connectivity index (χ0v) is 16.6. The molecule has 0 bridgehead atoms. The van der Waals surface area contributed by atoms with Crippen molar-refractivity contribution in [1.29, 1.82) is 0 Å². The van der Waals surface area contributed by atoms with Gasteiger partial charge in [-0.05, 0) is 37.7 Å². The van der Waals surface area contributed by atoms with E-state index < -0.39 is 0 Å². The number of anilines is 1. The number of nitrogens with zero attached hydrogens (tertiary/aromatic N) is 3. The molecule has 4 heteroatoms. The van der Waals surface area contributed by atoms with Gasteiger partial charge in [0.15, 0.2) is 0 Å². The summed E-state index contributed by atoms with van der Waals surface area (Å²) >= 11 is 0. The lowest BCUT2D eigenvalue weighted by Gasteiger charge is -2.27. The Kier molecular flexibility index (Phi) is 7.02. The molecule has 0 N–H and O–H groups in total. The van der Waals surface area contributed by atoms with Crippen LogP contribution in [0.25, 0.3) is 0 Å². The maximum Gasteiger partial charge on any atom is 0.226 e. The first-order chi connectivity index (χ1) is 13.2. The summed E-state index contributed by atoms with van der Waals surface area (Å²) in [5.41, 5.74) is 2.36. The number of carbonyl (C=O) groups excluding carboxylic acids is 1. The van der Waals surface area contributed by atoms with E-state index in [0.29, 0.717) is 12.5 Å². The molecule has 2 aromatic carbocycles. The number of carbonyl (C=O) groups is 1. The van der Waals surface area contributed by atoms with Gasteiger partial charge >= 0.3 is 0 Å². The van der Waals surface area contributed by atoms with Gasteiger partial charge in [0.05, 0.1) is 0 Å². The van der Waals surface area contributed by atoms with E-state index in [1.807, 2.05) is 42.2 Å². The van der Waals surface area contributed by atoms with Crippen molar-refractivity contribution in [2.75, 3.05) is 38.1 Å². The van der Waals surface area contributed by atoms with Crippen LogP contribution < -0.4 is 4.90 Å². The van der Waals surface area contributed by atoms with Crippen LogP contribution in [-0.2, 0) is 11.3 Å². The zero-order valence-electron chi connectivity index (χ0n) is 16.6. The maximum atomic E-state index is 12.4. The minimum absolute atomic E-state index is 0.193. The predicted molar refractivity (Wildman–Crippen MR) is 112 cm³/mol. The molecule has 1 fully saturated rings. The standard InChI is InChI=1S/C23H31N3O/c1-3-23(27)26(21-12-8-5-9-13-21)17-16-25-15-14-22(19-25)24(2)18-20-10-6-4-7-11-20/h4-13,22H,3,14-19H2,1-2H3. The minimum Gasteiger partial charge on any atom is -0.311 e. The van der Waals surface area contributed by atoms with Gasteiger partial charge < -0.3 is 4.90 Å². The molecule has 1 aliphatic rings. The highest BCUT2D eigenvalue weighted by atomic mass is 16.2. The minimum atomic E-state index is 0.193. The van der Waals surface area contributed by atoms with Gasteiger partial charge in [-0.1, -0.05) is 55.5 Å². The Balaban J connectivity index is 1.52. The fourth-order valence-corrected chi connectivity index (χ4v) is 3.81. The number of rotatable bonds is 8. The van der Waals surface area contributed by atoms with Crippen LogP contribution in [0.2, 0.25) is 0 Å². The molecular formula is C23H31N3O. The fraction of sp³-hybridized carbons (Fsp3) is 0.435. The third kappa shape index (κ3) is 5.41. The molecule has 2 aromatic rings. The lowest BCUT2D eigenvalue weighted by molar-refractivity contribution is -0.118. The van der Waals surface area contributed by atoms with Crippen LogP contribution in [0.1, 0.15) is 25.3 Å². The van der Waals surface area contributed by atoms with Crippen LogP contribution in [0.5, 0.6) is 0 Å². The number of para-hydroxylation sites is 1. The molecule has 0 aromatic heterocycles. The molecule has 1 saturated heterocycles. The second kappa shape index (κ2) is 9.67. The van der Waals surface area contributed by atoms with E-state index in [0.717, 1.165) is 38.4 Å². The summed E-state index contributed by atoms with van der Waals surface area (Å²) in [7, 11) is 2.22. The summed E-state index contributed by atoms with van der Waals surface area (Å²) < 4.78 is 0. The third-order valence-corrected chi connectivity index (χ3v) is 5.46. The van der Waals surface area contributed by atoms with E-state index in [1.54, 1.807) is 0 Å². The molecule has 3 rings (SSSR count). The average Bonchev–Trinajstić information content (AvgIpc) is 3.19. The molecule has 1 unspecified atom stereocenters. The average molecular weight is 366 g/mol. The van der Waals surface area contributed by atoms with Crippen molar-refractivity contribution in [3.05, 3.63) is 66.2 Å². The number of hydrogen-bond acceptors (Lipinski definition) is 3. The van der Waals surface area contributed by atoms with Crippen molar-refractivity contribution in [1.82, 2.24) is 9.80 Å². The van der Waals surface area contributed by atoms with Gasteiger partial charge in [-0.15, -0.1) is 0 Å². The Bertz CT molecular complexity index is 704. The fourth-order valence-electron chi connectivity index (χ4n) is 3.81. The zero-order chi connectivity index (χ0) is 19.1. The first kappa shape index (κ1) is 19.6. The van der Waals surface area contributed by atoms with E-state index in [9.17, 15) is 4.79 Å². The van der Waals surface area contributed by atoms with Gasteiger partial charge in [-0.2, -0.15) is 0 Å². The van der Waals surface area contributed by atoms with E-state index in [-0.39, 0.29) is 5.91 Å². The molecule has 1 heterocycles. The van der Waals surface area contributed by atoms with Crippen LogP contribution in [-0.4, -0.2) is 55.0 Å². The molecule has 4 nitrogen and oxygen atoms in total. The monoisotopic (exact) mass is 365 g/mol. The summed E-state index contributed by atoms with van der Waals surface area (Å²) in [5, 5.41) is 0. The molecule has 0 aliphatic carbocycles. The summed E-state index contributed by atoms with van der Waals surface area (Å²) in [5.74, 6) is 0.193. The van der Waals surface area contributed by atoms with Crippen molar-refractivity contribution in [2.24, 2.45) is 0 Å². The second-order valence-corrected chi connectivity index (χ2v) is 7.38. The van der Waals surface area contributed by atoms with Gasteiger partial charge in [0.2, 0.25) is 5.91 Å². The highest BCUT2D eigenvalue weighted by molar-refractivity contribution is 5.93. The number of likely N-dealkylation sites (tertiary alicyclic amines) is 1. The maximum absolute atomic E-state index is 12.4. The van der Waals surface area contributed by atoms with Crippen molar-refractivity contribution in [3.63, 3.8) is 0 Å². The van der Waals surface area contributed by atoms with Gasteiger partial charge in [0, 0.05) is 44.3 Å². The number of benzene rings is 2. The van der Waals surface area contributed by atoms with Crippen LogP contribution in [0.15, 0.2) is 60.7 Å². The molecule has 0 spiro atoms. The Hall–Kier alpha value is -2.17. The van der Waals surface area contributed by atoms with Crippen molar-refractivity contribution in [2.45, 2.75) is 32.4 Å². The van der Waals surface area contributed by atoms with E-state index in [2.05, 4.69) is 47.2 Å². The van der Waals surface area contributed by atoms with Gasteiger partial charge in [0.1, 0.15) is 0 Å². The largest absolute Gasteiger partial charge is 0.311 e. The highest BCUT2D eigenvalue weighted by Crippen LogP contribution is 2.18. The summed E-state index contributed by atoms with van der Waals surface area (Å²) in [4.78, 5) is 19.3. The first-order valence-electron chi connectivity index (χ1n) is 9.99. The quantitative estimate of drug-likeness (QED) is 0.715. The molecule has 0 radical (unpaired) electrons. The SMILES string of the molecule is CCC(=O)N(CCN1CCC(N(C)Cc2ccccc2)C1)c1ccccc1. The Morgan fingerprint density at radius 1 is 1.07 bits per heavy atom. The number of hydrogen-bond donors (Lipinski definition) is 0. The summed E-state index contributed by atoms with van der Waals surface area (Å²) in [6.45, 7) is 6.79. The predicted octanol–water partition coefficient (Wildman–Crippen LogP) is 3.64. The van der Waals surface area contributed by atoms with Crippen molar-refractivity contribution in [3.8, 4) is 0 Å². The van der Waals surface area contributed by atoms with Crippen molar-refractivity contribution >= 4 is 11.6 Å². The van der Waals surface area contributed by atoms with Gasteiger partial charge in [0.25, 0.3) is 0 Å². The Morgan fingerprint density at radius 3 is 2.41 bits per heavy atom. The summed E-state index contributed by atoms with van der Waals surface area (Å²) in [6.07, 6.45) is 1.73. The molecular weight excluding hydrogens is 334 g/mol. The summed E-state index contributed by atoms with van der Waals surface area (Å²) in [6, 6.07) is 21.3. The van der Waals surface area contributed by atoms with E-state index in [4.69, 9.17) is 0 Å². The van der Waals surface area contributed by atoms with E-state index >= 15 is 0 Å². The van der Waals surface area contributed by atoms with Crippen molar-refractivity contribution < 1.29 is 4.79 Å².